The monoisotopic (exact) mass is 341 g/mol. The number of hydrogen-bond donors (Lipinski definition) is 1. The minimum absolute atomic E-state index is 0.340. The smallest absolute Gasteiger partial charge is 0.346 e. The summed E-state index contributed by atoms with van der Waals surface area (Å²) in [5, 5.41) is 7.53. The average Bonchev–Trinajstić information content (AvgIpc) is 3.08. The molecule has 0 aliphatic heterocycles. The predicted octanol–water partition coefficient (Wildman–Crippen LogP) is 4.76. The number of nitrogens with one attached hydrogen (secondary N) is 1. The number of carbonyl (C=O) groups excluding carboxylic acids is 1. The first-order chi connectivity index (χ1) is 11.6. The summed E-state index contributed by atoms with van der Waals surface area (Å²) in [5.41, 5.74) is 1.36. The molecule has 6 heteroatoms. The van der Waals surface area contributed by atoms with Gasteiger partial charge in [0, 0.05) is 16.9 Å². The zero-order valence-electron chi connectivity index (χ0n) is 13.0. The molecule has 0 radical (unpaired) electrons. The average molecular weight is 342 g/mol. The minimum Gasteiger partial charge on any atom is -0.484 e. The van der Waals surface area contributed by atoms with Gasteiger partial charge in [0.25, 0.3) is 0 Å². The number of amides is 1. The number of nitrogens with zero attached hydrogens (tertiary/aromatic N) is 2. The zero-order valence-corrected chi connectivity index (χ0v) is 13.8. The van der Waals surface area contributed by atoms with Gasteiger partial charge in [-0.05, 0) is 49.4 Å². The number of anilines is 1. The number of carbonyl (C=O) groups is 1. The highest BCUT2D eigenvalue weighted by Crippen LogP contribution is 2.23. The number of rotatable bonds is 4. The quantitative estimate of drug-likeness (QED) is 0.744. The van der Waals surface area contributed by atoms with Gasteiger partial charge in [-0.15, -0.1) is 0 Å². The van der Waals surface area contributed by atoms with Crippen molar-refractivity contribution in [3.8, 4) is 5.75 Å². The van der Waals surface area contributed by atoms with E-state index in [0.717, 1.165) is 0 Å². The highest BCUT2D eigenvalue weighted by molar-refractivity contribution is 6.30. The van der Waals surface area contributed by atoms with E-state index in [-0.39, 0.29) is 12.1 Å². The summed E-state index contributed by atoms with van der Waals surface area (Å²) >= 11 is 5.87. The first-order valence-electron chi connectivity index (χ1n) is 7.46. The molecule has 1 N–H and O–H groups in total. The lowest BCUT2D eigenvalue weighted by Crippen LogP contribution is -2.24. The second-order valence-corrected chi connectivity index (χ2v) is 5.61. The largest absolute Gasteiger partial charge is 0.484 e. The molecule has 0 saturated carbocycles. The van der Waals surface area contributed by atoms with Crippen LogP contribution in [0, 0.1) is 0 Å². The molecule has 3 aromatic rings. The molecule has 0 aliphatic carbocycles. The van der Waals surface area contributed by atoms with E-state index >= 15 is 0 Å². The first kappa shape index (κ1) is 16.1. The number of para-hydroxylation sites is 1. The Morgan fingerprint density at radius 1 is 1.12 bits per heavy atom. The van der Waals surface area contributed by atoms with E-state index in [1.807, 2.05) is 37.3 Å². The van der Waals surface area contributed by atoms with Gasteiger partial charge in [-0.3, -0.25) is 0 Å². The van der Waals surface area contributed by atoms with Crippen LogP contribution >= 0.6 is 11.6 Å². The molecule has 5 nitrogen and oxygen atoms in total. The SMILES string of the molecule is CC(Oc1ccc(Cl)cc1)c1ccnn1C(=O)Nc1ccccc1. The second-order valence-electron chi connectivity index (χ2n) is 5.18. The summed E-state index contributed by atoms with van der Waals surface area (Å²) < 4.78 is 7.15. The van der Waals surface area contributed by atoms with Crippen LogP contribution in [-0.4, -0.2) is 15.8 Å². The molecule has 0 spiro atoms. The molecule has 122 valence electrons. The van der Waals surface area contributed by atoms with E-state index in [2.05, 4.69) is 10.4 Å². The zero-order chi connectivity index (χ0) is 16.9. The third-order valence-electron chi connectivity index (χ3n) is 3.43. The van der Waals surface area contributed by atoms with E-state index in [1.165, 1.54) is 4.68 Å². The van der Waals surface area contributed by atoms with E-state index in [9.17, 15) is 4.79 Å². The van der Waals surface area contributed by atoms with Crippen LogP contribution in [0.5, 0.6) is 5.75 Å². The number of halogens is 1. The lowest BCUT2D eigenvalue weighted by Gasteiger charge is -2.16. The van der Waals surface area contributed by atoms with Crippen molar-refractivity contribution in [2.75, 3.05) is 5.32 Å². The summed E-state index contributed by atoms with van der Waals surface area (Å²) in [7, 11) is 0. The minimum atomic E-state index is -0.352. The van der Waals surface area contributed by atoms with Gasteiger partial charge in [0.15, 0.2) is 0 Å². The highest BCUT2D eigenvalue weighted by atomic mass is 35.5. The van der Waals surface area contributed by atoms with Crippen molar-refractivity contribution in [3.05, 3.63) is 77.6 Å². The first-order valence-corrected chi connectivity index (χ1v) is 7.84. The Morgan fingerprint density at radius 3 is 2.54 bits per heavy atom. The number of hydrogen-bond acceptors (Lipinski definition) is 3. The molecule has 3 rings (SSSR count). The fraction of sp³-hybridized carbons (Fsp3) is 0.111. The fourth-order valence-electron chi connectivity index (χ4n) is 2.27. The molecule has 1 amide bonds. The molecule has 0 bridgehead atoms. The Hall–Kier alpha value is -2.79. The molecular weight excluding hydrogens is 326 g/mol. The van der Waals surface area contributed by atoms with Gasteiger partial charge in [-0.1, -0.05) is 29.8 Å². The van der Waals surface area contributed by atoms with Gasteiger partial charge < -0.3 is 10.1 Å². The number of ether oxygens (including phenoxy) is 1. The third kappa shape index (κ3) is 3.75. The van der Waals surface area contributed by atoms with Crippen molar-refractivity contribution in [2.45, 2.75) is 13.0 Å². The molecule has 2 aromatic carbocycles. The van der Waals surface area contributed by atoms with Crippen LogP contribution in [0.1, 0.15) is 18.7 Å². The van der Waals surface area contributed by atoms with Gasteiger partial charge >= 0.3 is 6.03 Å². The maximum absolute atomic E-state index is 12.4. The van der Waals surface area contributed by atoms with Crippen molar-refractivity contribution in [3.63, 3.8) is 0 Å². The summed E-state index contributed by atoms with van der Waals surface area (Å²) in [5.74, 6) is 0.670. The molecule has 0 aliphatic rings. The molecule has 1 heterocycles. The van der Waals surface area contributed by atoms with Crippen molar-refractivity contribution in [1.82, 2.24) is 9.78 Å². The van der Waals surface area contributed by atoms with Crippen molar-refractivity contribution >= 4 is 23.3 Å². The Labute approximate surface area is 144 Å². The Balaban J connectivity index is 1.74. The van der Waals surface area contributed by atoms with Crippen LogP contribution in [-0.2, 0) is 0 Å². The van der Waals surface area contributed by atoms with Gasteiger partial charge in [-0.25, -0.2) is 4.79 Å². The van der Waals surface area contributed by atoms with Crippen LogP contribution in [0.2, 0.25) is 5.02 Å². The Bertz CT molecular complexity index is 816. The molecule has 1 aromatic heterocycles. The summed E-state index contributed by atoms with van der Waals surface area (Å²) in [6, 6.07) is 17.7. The predicted molar refractivity (Wildman–Crippen MR) is 93.6 cm³/mol. The lowest BCUT2D eigenvalue weighted by molar-refractivity contribution is 0.212. The van der Waals surface area contributed by atoms with Crippen LogP contribution in [0.3, 0.4) is 0 Å². The normalized spacial score (nSPS) is 11.8. The Morgan fingerprint density at radius 2 is 1.83 bits per heavy atom. The summed E-state index contributed by atoms with van der Waals surface area (Å²) in [6.07, 6.45) is 1.22. The van der Waals surface area contributed by atoms with Crippen LogP contribution < -0.4 is 10.1 Å². The molecule has 1 atom stereocenters. The van der Waals surface area contributed by atoms with E-state index < -0.39 is 0 Å². The number of aromatic nitrogens is 2. The Kier molecular flexibility index (Phi) is 4.82. The van der Waals surface area contributed by atoms with E-state index in [1.54, 1.807) is 36.5 Å². The molecule has 0 saturated heterocycles. The summed E-state index contributed by atoms with van der Waals surface area (Å²) in [6.45, 7) is 1.86. The molecule has 0 fully saturated rings. The second kappa shape index (κ2) is 7.19. The van der Waals surface area contributed by atoms with Crippen molar-refractivity contribution in [1.29, 1.82) is 0 Å². The maximum atomic E-state index is 12.4. The topological polar surface area (TPSA) is 56.2 Å². The van der Waals surface area contributed by atoms with Crippen LogP contribution in [0.15, 0.2) is 66.9 Å². The van der Waals surface area contributed by atoms with Crippen LogP contribution in [0.4, 0.5) is 10.5 Å². The third-order valence-corrected chi connectivity index (χ3v) is 3.68. The van der Waals surface area contributed by atoms with Gasteiger partial charge in [0.2, 0.25) is 0 Å². The van der Waals surface area contributed by atoms with E-state index in [4.69, 9.17) is 16.3 Å². The number of benzene rings is 2. The summed E-state index contributed by atoms with van der Waals surface area (Å²) in [4.78, 5) is 12.4. The molecule has 24 heavy (non-hydrogen) atoms. The van der Waals surface area contributed by atoms with E-state index in [0.29, 0.717) is 22.2 Å². The van der Waals surface area contributed by atoms with Gasteiger partial charge in [-0.2, -0.15) is 9.78 Å². The molecular formula is C18H16ClN3O2. The molecule has 1 unspecified atom stereocenters. The highest BCUT2D eigenvalue weighted by Gasteiger charge is 2.17. The van der Waals surface area contributed by atoms with Crippen molar-refractivity contribution < 1.29 is 9.53 Å². The van der Waals surface area contributed by atoms with Gasteiger partial charge in [0.05, 0.1) is 5.69 Å². The fourth-order valence-corrected chi connectivity index (χ4v) is 2.39. The van der Waals surface area contributed by atoms with Gasteiger partial charge in [0.1, 0.15) is 11.9 Å². The maximum Gasteiger partial charge on any atom is 0.346 e. The lowest BCUT2D eigenvalue weighted by atomic mass is 10.2. The van der Waals surface area contributed by atoms with Crippen LogP contribution in [0.25, 0.3) is 0 Å². The standard InChI is InChI=1S/C18H16ClN3O2/c1-13(24-16-9-7-14(19)8-10-16)17-11-12-20-22(17)18(23)21-15-5-3-2-4-6-15/h2-13H,1H3,(H,21,23). The van der Waals surface area contributed by atoms with Crippen molar-refractivity contribution in [2.24, 2.45) is 0 Å².